The molecule has 1 aromatic carbocycles. The topological polar surface area (TPSA) is 71.1 Å². The van der Waals surface area contributed by atoms with Gasteiger partial charge in [-0.15, -0.1) is 0 Å². The van der Waals surface area contributed by atoms with Gasteiger partial charge in [-0.2, -0.15) is 0 Å². The van der Waals surface area contributed by atoms with Crippen molar-refractivity contribution in [3.63, 3.8) is 0 Å². The second-order valence-corrected chi connectivity index (χ2v) is 6.91. The Hall–Kier alpha value is -2.28. The van der Waals surface area contributed by atoms with Crippen molar-refractivity contribution in [1.82, 2.24) is 10.2 Å². The number of nitrogens with one attached hydrogen (secondary N) is 1. The number of carbonyl (C=O) groups excluding carboxylic acids is 2. The van der Waals surface area contributed by atoms with Crippen LogP contribution in [0.5, 0.6) is 11.5 Å². The minimum absolute atomic E-state index is 0.0441. The first-order valence-electron chi connectivity index (χ1n) is 9.04. The van der Waals surface area contributed by atoms with E-state index in [1.807, 2.05) is 11.9 Å². The fraction of sp³-hybridized carbons (Fsp3) is 0.579. The molecule has 0 aromatic heterocycles. The predicted molar refractivity (Wildman–Crippen MR) is 98.7 cm³/mol. The van der Waals surface area contributed by atoms with E-state index in [2.05, 4.69) is 5.32 Å². The molecule has 142 valence electrons. The lowest BCUT2D eigenvalue weighted by atomic mass is 10.0. The Labute approximate surface area is 154 Å². The molecule has 2 fully saturated rings. The maximum atomic E-state index is 12.9. The van der Waals surface area contributed by atoms with Gasteiger partial charge in [-0.05, 0) is 25.9 Å². The summed E-state index contributed by atoms with van der Waals surface area (Å²) in [5, 5.41) is 3.31. The zero-order valence-corrected chi connectivity index (χ0v) is 15.7. The van der Waals surface area contributed by atoms with Crippen LogP contribution in [0.4, 0.5) is 5.69 Å². The Morgan fingerprint density at radius 2 is 1.77 bits per heavy atom. The molecule has 2 saturated heterocycles. The highest BCUT2D eigenvalue weighted by atomic mass is 16.5. The van der Waals surface area contributed by atoms with Gasteiger partial charge in [0.1, 0.15) is 11.5 Å². The number of amides is 2. The Morgan fingerprint density at radius 1 is 1.15 bits per heavy atom. The van der Waals surface area contributed by atoms with Crippen molar-refractivity contribution >= 4 is 17.5 Å². The Morgan fingerprint density at radius 3 is 2.35 bits per heavy atom. The third kappa shape index (κ3) is 3.77. The molecule has 0 aliphatic carbocycles. The molecule has 3 rings (SSSR count). The molecule has 26 heavy (non-hydrogen) atoms. The second-order valence-electron chi connectivity index (χ2n) is 6.91. The molecule has 2 heterocycles. The Balaban J connectivity index is 1.73. The summed E-state index contributed by atoms with van der Waals surface area (Å²) in [7, 11) is 5.01. The summed E-state index contributed by atoms with van der Waals surface area (Å²) < 4.78 is 10.6. The lowest BCUT2D eigenvalue weighted by molar-refractivity contribution is -0.137. The number of rotatable bonds is 5. The van der Waals surface area contributed by atoms with Gasteiger partial charge in [0.15, 0.2) is 0 Å². The van der Waals surface area contributed by atoms with Gasteiger partial charge in [-0.1, -0.05) is 0 Å². The van der Waals surface area contributed by atoms with Crippen molar-refractivity contribution in [1.29, 1.82) is 0 Å². The van der Waals surface area contributed by atoms with Gasteiger partial charge in [0.05, 0.1) is 25.8 Å². The van der Waals surface area contributed by atoms with Crippen LogP contribution in [0.25, 0.3) is 0 Å². The molecule has 2 aliphatic heterocycles. The van der Waals surface area contributed by atoms with Crippen molar-refractivity contribution in [2.45, 2.75) is 25.3 Å². The maximum absolute atomic E-state index is 12.9. The minimum Gasteiger partial charge on any atom is -0.497 e. The molecule has 1 N–H and O–H groups in total. The molecule has 0 bridgehead atoms. The van der Waals surface area contributed by atoms with E-state index in [4.69, 9.17) is 9.47 Å². The van der Waals surface area contributed by atoms with E-state index in [1.165, 1.54) is 0 Å². The van der Waals surface area contributed by atoms with E-state index in [1.54, 1.807) is 37.3 Å². The highest BCUT2D eigenvalue weighted by Gasteiger charge is 2.38. The Kier molecular flexibility index (Phi) is 5.66. The molecule has 0 spiro atoms. The predicted octanol–water partition coefficient (Wildman–Crippen LogP) is 1.27. The average molecular weight is 361 g/mol. The standard InChI is InChI=1S/C19H27N3O4/c1-21(14-4-6-20-7-5-14)19(24)13-8-18(23)22(12-13)15-9-16(25-2)11-17(10-15)26-3/h9-11,13-14,20H,4-8,12H2,1-3H3. The van der Waals surface area contributed by atoms with E-state index in [0.717, 1.165) is 25.9 Å². The van der Waals surface area contributed by atoms with Crippen LogP contribution in [0.2, 0.25) is 0 Å². The molecular weight excluding hydrogens is 334 g/mol. The fourth-order valence-corrected chi connectivity index (χ4v) is 3.73. The van der Waals surface area contributed by atoms with Crippen LogP contribution in [0, 0.1) is 5.92 Å². The van der Waals surface area contributed by atoms with Gasteiger partial charge < -0.3 is 24.6 Å². The number of hydrogen-bond acceptors (Lipinski definition) is 5. The van der Waals surface area contributed by atoms with Crippen LogP contribution in [0.1, 0.15) is 19.3 Å². The van der Waals surface area contributed by atoms with Gasteiger partial charge in [-0.25, -0.2) is 0 Å². The quantitative estimate of drug-likeness (QED) is 0.855. The number of anilines is 1. The van der Waals surface area contributed by atoms with Crippen LogP contribution >= 0.6 is 0 Å². The number of methoxy groups -OCH3 is 2. The van der Waals surface area contributed by atoms with Crippen LogP contribution in [0.3, 0.4) is 0 Å². The highest BCUT2D eigenvalue weighted by Crippen LogP contribution is 2.33. The highest BCUT2D eigenvalue weighted by molar-refractivity contribution is 6.00. The van der Waals surface area contributed by atoms with Gasteiger partial charge >= 0.3 is 0 Å². The van der Waals surface area contributed by atoms with Crippen molar-refractivity contribution in [2.24, 2.45) is 5.92 Å². The molecule has 7 nitrogen and oxygen atoms in total. The molecule has 0 radical (unpaired) electrons. The first-order chi connectivity index (χ1) is 12.5. The normalized spacial score (nSPS) is 21.0. The van der Waals surface area contributed by atoms with Gasteiger partial charge in [0.25, 0.3) is 0 Å². The zero-order valence-electron chi connectivity index (χ0n) is 15.7. The second kappa shape index (κ2) is 7.95. The summed E-state index contributed by atoms with van der Waals surface area (Å²) in [5.41, 5.74) is 0.700. The number of carbonyl (C=O) groups is 2. The van der Waals surface area contributed by atoms with E-state index in [0.29, 0.717) is 23.7 Å². The number of benzene rings is 1. The summed E-state index contributed by atoms with van der Waals surface area (Å²) >= 11 is 0. The lowest BCUT2D eigenvalue weighted by Crippen LogP contribution is -2.46. The van der Waals surface area contributed by atoms with Crippen LogP contribution in [-0.2, 0) is 9.59 Å². The lowest BCUT2D eigenvalue weighted by Gasteiger charge is -2.33. The molecule has 1 atom stereocenters. The van der Waals surface area contributed by atoms with Gasteiger partial charge in [-0.3, -0.25) is 9.59 Å². The summed E-state index contributed by atoms with van der Waals surface area (Å²) in [6.45, 7) is 2.26. The van der Waals surface area contributed by atoms with Crippen LogP contribution in [0.15, 0.2) is 18.2 Å². The smallest absolute Gasteiger partial charge is 0.228 e. The van der Waals surface area contributed by atoms with E-state index in [9.17, 15) is 9.59 Å². The Bertz CT molecular complexity index is 650. The summed E-state index contributed by atoms with van der Waals surface area (Å²) in [6.07, 6.45) is 2.16. The van der Waals surface area contributed by atoms with E-state index in [-0.39, 0.29) is 30.2 Å². The summed E-state index contributed by atoms with van der Waals surface area (Å²) in [6, 6.07) is 5.61. The first-order valence-corrected chi connectivity index (χ1v) is 9.04. The summed E-state index contributed by atoms with van der Waals surface area (Å²) in [5.74, 6) is 0.946. The monoisotopic (exact) mass is 361 g/mol. The van der Waals surface area contributed by atoms with Crippen LogP contribution < -0.4 is 19.7 Å². The number of piperidine rings is 1. The zero-order chi connectivity index (χ0) is 18.7. The fourth-order valence-electron chi connectivity index (χ4n) is 3.73. The number of nitrogens with zero attached hydrogens (tertiary/aromatic N) is 2. The van der Waals surface area contributed by atoms with Crippen molar-refractivity contribution in [3.05, 3.63) is 18.2 Å². The van der Waals surface area contributed by atoms with Crippen molar-refractivity contribution < 1.29 is 19.1 Å². The van der Waals surface area contributed by atoms with Crippen molar-refractivity contribution in [2.75, 3.05) is 45.8 Å². The van der Waals surface area contributed by atoms with E-state index >= 15 is 0 Å². The SMILES string of the molecule is COc1cc(OC)cc(N2CC(C(=O)N(C)C3CCNCC3)CC2=O)c1. The van der Waals surface area contributed by atoms with Crippen LogP contribution in [-0.4, -0.2) is 63.7 Å². The number of hydrogen-bond donors (Lipinski definition) is 1. The van der Waals surface area contributed by atoms with E-state index < -0.39 is 0 Å². The molecule has 2 aliphatic rings. The average Bonchev–Trinajstić information content (AvgIpc) is 3.08. The third-order valence-corrected chi connectivity index (χ3v) is 5.33. The summed E-state index contributed by atoms with van der Waals surface area (Å²) in [4.78, 5) is 28.9. The van der Waals surface area contributed by atoms with Crippen molar-refractivity contribution in [3.8, 4) is 11.5 Å². The molecule has 7 heteroatoms. The minimum atomic E-state index is -0.306. The molecular formula is C19H27N3O4. The first kappa shape index (κ1) is 18.5. The van der Waals surface area contributed by atoms with Gasteiger partial charge in [0, 0.05) is 44.3 Å². The maximum Gasteiger partial charge on any atom is 0.228 e. The molecule has 1 unspecified atom stereocenters. The third-order valence-electron chi connectivity index (χ3n) is 5.33. The largest absolute Gasteiger partial charge is 0.497 e. The number of ether oxygens (including phenoxy) is 2. The van der Waals surface area contributed by atoms with Gasteiger partial charge in [0.2, 0.25) is 11.8 Å². The molecule has 2 amide bonds. The molecule has 0 saturated carbocycles. The molecule has 1 aromatic rings.